The fourth-order valence-corrected chi connectivity index (χ4v) is 3.28. The third kappa shape index (κ3) is 6.00. The summed E-state index contributed by atoms with van der Waals surface area (Å²) in [5, 5.41) is 6.30. The second-order valence-corrected chi connectivity index (χ2v) is 7.64. The Hall–Kier alpha value is -2.52. The first-order valence-corrected chi connectivity index (χ1v) is 9.95. The number of carbonyl (C=O) groups is 2. The number of methoxy groups -OCH3 is 1. The highest BCUT2D eigenvalue weighted by Crippen LogP contribution is 2.28. The minimum Gasteiger partial charge on any atom is -0.495 e. The molecule has 8 nitrogen and oxygen atoms in total. The van der Waals surface area contributed by atoms with E-state index in [0.29, 0.717) is 22.2 Å². The predicted molar refractivity (Wildman–Crippen MR) is 107 cm³/mol. The number of benzene rings is 1. The Kier molecular flexibility index (Phi) is 6.58. The standard InChI is InChI=1S/C18H19ClN4O4S/c1-27-14-5-2-10(19)6-13(14)22-17(26)9-28-18-21-12(8-16(25)23-18)7-15(24)20-11-3-4-11/h2,5-6,8,11H,3-4,7,9H2,1H3,(H,20,24)(H,22,26)(H,21,23,25). The van der Waals surface area contributed by atoms with Crippen molar-refractivity contribution < 1.29 is 14.3 Å². The second-order valence-electron chi connectivity index (χ2n) is 6.24. The maximum Gasteiger partial charge on any atom is 0.251 e. The van der Waals surface area contributed by atoms with Gasteiger partial charge in [0.25, 0.3) is 5.56 Å². The quantitative estimate of drug-likeness (QED) is 0.443. The van der Waals surface area contributed by atoms with Crippen LogP contribution in [0.5, 0.6) is 5.75 Å². The molecule has 0 saturated heterocycles. The van der Waals surface area contributed by atoms with Gasteiger partial charge >= 0.3 is 0 Å². The second kappa shape index (κ2) is 9.11. The number of aromatic amines is 1. The van der Waals surface area contributed by atoms with Crippen LogP contribution in [0.2, 0.25) is 5.02 Å². The number of hydrogen-bond acceptors (Lipinski definition) is 6. The van der Waals surface area contributed by atoms with Gasteiger partial charge < -0.3 is 20.4 Å². The first-order chi connectivity index (χ1) is 13.4. The number of nitrogens with zero attached hydrogens (tertiary/aromatic N) is 1. The van der Waals surface area contributed by atoms with Gasteiger partial charge in [0, 0.05) is 17.1 Å². The van der Waals surface area contributed by atoms with Gasteiger partial charge in [0.2, 0.25) is 11.8 Å². The molecular formula is C18H19ClN4O4S. The van der Waals surface area contributed by atoms with Crippen molar-refractivity contribution in [3.05, 3.63) is 45.3 Å². The normalized spacial score (nSPS) is 13.1. The van der Waals surface area contributed by atoms with Crippen molar-refractivity contribution in [3.63, 3.8) is 0 Å². The number of thioether (sulfide) groups is 1. The zero-order valence-corrected chi connectivity index (χ0v) is 16.7. The number of H-pyrrole nitrogens is 1. The van der Waals surface area contributed by atoms with Crippen LogP contribution in [0.25, 0.3) is 0 Å². The van der Waals surface area contributed by atoms with Crippen LogP contribution in [-0.4, -0.2) is 40.7 Å². The molecule has 0 aliphatic heterocycles. The Labute approximate surface area is 170 Å². The van der Waals surface area contributed by atoms with Crippen LogP contribution in [0.3, 0.4) is 0 Å². The zero-order valence-electron chi connectivity index (χ0n) is 15.1. The van der Waals surface area contributed by atoms with E-state index in [1.807, 2.05) is 0 Å². The topological polar surface area (TPSA) is 113 Å². The van der Waals surface area contributed by atoms with Crippen molar-refractivity contribution in [2.24, 2.45) is 0 Å². The molecule has 10 heteroatoms. The summed E-state index contributed by atoms with van der Waals surface area (Å²) in [6.07, 6.45) is 2.00. The van der Waals surface area contributed by atoms with Crippen molar-refractivity contribution in [1.82, 2.24) is 15.3 Å². The molecule has 0 spiro atoms. The number of ether oxygens (including phenoxy) is 1. The van der Waals surface area contributed by atoms with Gasteiger partial charge in [-0.2, -0.15) is 0 Å². The summed E-state index contributed by atoms with van der Waals surface area (Å²) >= 11 is 7.01. The number of halogens is 1. The minimum absolute atomic E-state index is 0.0102. The van der Waals surface area contributed by atoms with E-state index < -0.39 is 0 Å². The molecule has 2 aromatic rings. The molecule has 28 heavy (non-hydrogen) atoms. The molecule has 1 saturated carbocycles. The number of rotatable bonds is 8. The van der Waals surface area contributed by atoms with Crippen molar-refractivity contribution in [2.45, 2.75) is 30.5 Å². The van der Waals surface area contributed by atoms with Gasteiger partial charge in [0.15, 0.2) is 5.16 Å². The Morgan fingerprint density at radius 2 is 2.11 bits per heavy atom. The summed E-state index contributed by atoms with van der Waals surface area (Å²) < 4.78 is 5.19. The molecule has 148 valence electrons. The lowest BCUT2D eigenvalue weighted by Crippen LogP contribution is -2.28. The van der Waals surface area contributed by atoms with Crippen molar-refractivity contribution in [3.8, 4) is 5.75 Å². The van der Waals surface area contributed by atoms with Crippen LogP contribution in [0.1, 0.15) is 18.5 Å². The number of hydrogen-bond donors (Lipinski definition) is 3. The van der Waals surface area contributed by atoms with Crippen LogP contribution in [0.15, 0.2) is 34.2 Å². The molecule has 3 rings (SSSR count). The van der Waals surface area contributed by atoms with Gasteiger partial charge in [0.05, 0.1) is 30.7 Å². The van der Waals surface area contributed by atoms with Crippen molar-refractivity contribution >= 4 is 40.9 Å². The highest BCUT2D eigenvalue weighted by Gasteiger charge is 2.23. The number of aromatic nitrogens is 2. The van der Waals surface area contributed by atoms with Crippen LogP contribution < -0.4 is 20.9 Å². The minimum atomic E-state index is -0.372. The monoisotopic (exact) mass is 422 g/mol. The van der Waals surface area contributed by atoms with E-state index in [4.69, 9.17) is 16.3 Å². The van der Waals surface area contributed by atoms with Crippen molar-refractivity contribution in [2.75, 3.05) is 18.2 Å². The maximum absolute atomic E-state index is 12.2. The lowest BCUT2D eigenvalue weighted by molar-refractivity contribution is -0.120. The van der Waals surface area contributed by atoms with Gasteiger partial charge in [-0.15, -0.1) is 0 Å². The molecule has 2 amide bonds. The molecule has 1 aromatic heterocycles. The Bertz CT molecular complexity index is 945. The highest BCUT2D eigenvalue weighted by atomic mass is 35.5. The number of carbonyl (C=O) groups excluding carboxylic acids is 2. The van der Waals surface area contributed by atoms with Gasteiger partial charge in [-0.1, -0.05) is 23.4 Å². The summed E-state index contributed by atoms with van der Waals surface area (Å²) in [6, 6.07) is 6.43. The van der Waals surface area contributed by atoms with E-state index in [1.54, 1.807) is 18.2 Å². The highest BCUT2D eigenvalue weighted by molar-refractivity contribution is 7.99. The molecular weight excluding hydrogens is 404 g/mol. The van der Waals surface area contributed by atoms with Crippen LogP contribution in [0.4, 0.5) is 5.69 Å². The molecule has 1 aliphatic rings. The Balaban J connectivity index is 1.59. The van der Waals surface area contributed by atoms with E-state index in [-0.39, 0.29) is 40.7 Å². The summed E-state index contributed by atoms with van der Waals surface area (Å²) in [4.78, 5) is 42.7. The lowest BCUT2D eigenvalue weighted by Gasteiger charge is -2.10. The Morgan fingerprint density at radius 3 is 2.82 bits per heavy atom. The van der Waals surface area contributed by atoms with E-state index in [0.717, 1.165) is 24.6 Å². The third-order valence-corrected chi connectivity index (χ3v) is 4.94. The summed E-state index contributed by atoms with van der Waals surface area (Å²) in [6.45, 7) is 0. The molecule has 0 atom stereocenters. The van der Waals surface area contributed by atoms with Gasteiger partial charge in [0.1, 0.15) is 5.75 Å². The summed E-state index contributed by atoms with van der Waals surface area (Å²) in [5.74, 6) is 0.0152. The fraction of sp³-hybridized carbons (Fsp3) is 0.333. The summed E-state index contributed by atoms with van der Waals surface area (Å²) in [5.41, 5.74) is 0.442. The molecule has 1 heterocycles. The van der Waals surface area contributed by atoms with Crippen LogP contribution in [-0.2, 0) is 16.0 Å². The van der Waals surface area contributed by atoms with E-state index in [1.165, 1.54) is 13.2 Å². The van der Waals surface area contributed by atoms with Crippen LogP contribution in [0, 0.1) is 0 Å². The lowest BCUT2D eigenvalue weighted by atomic mass is 10.3. The van der Waals surface area contributed by atoms with E-state index >= 15 is 0 Å². The average molecular weight is 423 g/mol. The molecule has 1 aliphatic carbocycles. The molecule has 0 bridgehead atoms. The molecule has 1 fully saturated rings. The largest absolute Gasteiger partial charge is 0.495 e. The third-order valence-electron chi connectivity index (χ3n) is 3.83. The molecule has 0 radical (unpaired) electrons. The van der Waals surface area contributed by atoms with Crippen molar-refractivity contribution in [1.29, 1.82) is 0 Å². The molecule has 3 N–H and O–H groups in total. The number of anilines is 1. The van der Waals surface area contributed by atoms with Gasteiger partial charge in [-0.3, -0.25) is 14.4 Å². The SMILES string of the molecule is COc1ccc(Cl)cc1NC(=O)CSc1nc(CC(=O)NC2CC2)cc(=O)[nH]1. The number of nitrogens with one attached hydrogen (secondary N) is 3. The van der Waals surface area contributed by atoms with E-state index in [9.17, 15) is 14.4 Å². The Morgan fingerprint density at radius 1 is 1.32 bits per heavy atom. The maximum atomic E-state index is 12.2. The zero-order chi connectivity index (χ0) is 20.1. The molecule has 1 aromatic carbocycles. The predicted octanol–water partition coefficient (Wildman–Crippen LogP) is 1.98. The van der Waals surface area contributed by atoms with E-state index in [2.05, 4.69) is 20.6 Å². The first-order valence-electron chi connectivity index (χ1n) is 8.58. The first kappa shape index (κ1) is 20.2. The summed E-state index contributed by atoms with van der Waals surface area (Å²) in [7, 11) is 1.49. The fourth-order valence-electron chi connectivity index (χ4n) is 2.41. The molecule has 0 unspecified atom stereocenters. The smallest absolute Gasteiger partial charge is 0.251 e. The van der Waals surface area contributed by atoms with Gasteiger partial charge in [-0.05, 0) is 31.0 Å². The van der Waals surface area contributed by atoms with Crippen LogP contribution >= 0.6 is 23.4 Å². The average Bonchev–Trinajstić information content (AvgIpc) is 3.43. The van der Waals surface area contributed by atoms with Gasteiger partial charge in [-0.25, -0.2) is 4.98 Å². The number of amides is 2.